The van der Waals surface area contributed by atoms with Crippen LogP contribution in [-0.4, -0.2) is 39.5 Å². The molecule has 27 heavy (non-hydrogen) atoms. The minimum absolute atomic E-state index is 0.144. The number of hydrogen-bond donors (Lipinski definition) is 1. The number of rotatable bonds is 5. The van der Waals surface area contributed by atoms with Crippen LogP contribution in [0.1, 0.15) is 24.2 Å². The van der Waals surface area contributed by atoms with Gasteiger partial charge in [-0.1, -0.05) is 15.9 Å². The second kappa shape index (κ2) is 8.14. The highest BCUT2D eigenvalue weighted by Crippen LogP contribution is 2.33. The lowest BCUT2D eigenvalue weighted by molar-refractivity contribution is 0.0261. The molecule has 0 spiro atoms. The van der Waals surface area contributed by atoms with E-state index in [4.69, 9.17) is 9.47 Å². The average molecular weight is 430 g/mol. The molecule has 8 heteroatoms. The van der Waals surface area contributed by atoms with E-state index in [1.54, 1.807) is 6.33 Å². The maximum Gasteiger partial charge on any atom is 0.147 e. The Morgan fingerprint density at radius 2 is 2.04 bits per heavy atom. The molecule has 0 atom stereocenters. The van der Waals surface area contributed by atoms with Gasteiger partial charge >= 0.3 is 0 Å². The monoisotopic (exact) mass is 429 g/mol. The molecule has 1 aliphatic rings. The van der Waals surface area contributed by atoms with Crippen molar-refractivity contribution in [3.8, 4) is 5.75 Å². The van der Waals surface area contributed by atoms with Gasteiger partial charge in [0.25, 0.3) is 0 Å². The van der Waals surface area contributed by atoms with Crippen molar-refractivity contribution in [1.82, 2.24) is 20.2 Å². The van der Waals surface area contributed by atoms with Crippen molar-refractivity contribution in [3.63, 3.8) is 0 Å². The number of nitrogens with one attached hydrogen (secondary N) is 1. The Bertz CT molecular complexity index is 929. The summed E-state index contributed by atoms with van der Waals surface area (Å²) < 4.78 is 12.6. The Balaban J connectivity index is 1.60. The predicted molar refractivity (Wildman–Crippen MR) is 106 cm³/mol. The van der Waals surface area contributed by atoms with Crippen molar-refractivity contribution >= 4 is 32.7 Å². The lowest BCUT2D eigenvalue weighted by Crippen LogP contribution is -2.26. The Labute approximate surface area is 165 Å². The van der Waals surface area contributed by atoms with Crippen LogP contribution in [0.2, 0.25) is 0 Å². The summed E-state index contributed by atoms with van der Waals surface area (Å²) in [5.41, 5.74) is 2.53. The second-order valence-corrected chi connectivity index (χ2v) is 7.39. The van der Waals surface area contributed by atoms with E-state index in [9.17, 15) is 0 Å². The second-order valence-electron chi connectivity index (χ2n) is 6.47. The molecule has 0 unspecified atom stereocenters. The van der Waals surface area contributed by atoms with E-state index in [1.165, 1.54) is 0 Å². The summed E-state index contributed by atoms with van der Waals surface area (Å²) in [5, 5.41) is 12.5. The molecule has 7 nitrogen and oxygen atoms in total. The van der Waals surface area contributed by atoms with E-state index in [2.05, 4.69) is 41.4 Å². The highest BCUT2D eigenvalue weighted by Gasteiger charge is 2.18. The van der Waals surface area contributed by atoms with Gasteiger partial charge in [0.05, 0.1) is 31.1 Å². The molecule has 1 N–H and O–H groups in total. The van der Waals surface area contributed by atoms with Crippen LogP contribution >= 0.6 is 15.9 Å². The van der Waals surface area contributed by atoms with Crippen LogP contribution < -0.4 is 10.1 Å². The van der Waals surface area contributed by atoms with Gasteiger partial charge in [0.2, 0.25) is 0 Å². The van der Waals surface area contributed by atoms with Gasteiger partial charge in [-0.05, 0) is 31.2 Å². The summed E-state index contributed by atoms with van der Waals surface area (Å²) in [4.78, 5) is 8.86. The molecule has 0 aliphatic carbocycles. The van der Waals surface area contributed by atoms with Gasteiger partial charge < -0.3 is 14.8 Å². The topological polar surface area (TPSA) is 82.1 Å². The van der Waals surface area contributed by atoms with Gasteiger partial charge in [-0.15, -0.1) is 0 Å². The fraction of sp³-hybridized carbons (Fsp3) is 0.368. The maximum atomic E-state index is 6.23. The fourth-order valence-corrected chi connectivity index (χ4v) is 3.44. The van der Waals surface area contributed by atoms with Gasteiger partial charge in [0.15, 0.2) is 0 Å². The first-order valence-corrected chi connectivity index (χ1v) is 9.70. The molecule has 0 bridgehead atoms. The summed E-state index contributed by atoms with van der Waals surface area (Å²) in [6, 6.07) is 7.85. The molecule has 0 saturated carbocycles. The molecule has 140 valence electrons. The fourth-order valence-electron chi connectivity index (χ4n) is 3.00. The minimum atomic E-state index is 0.144. The molecule has 1 fully saturated rings. The third-order valence-corrected chi connectivity index (χ3v) is 4.88. The van der Waals surface area contributed by atoms with Gasteiger partial charge in [0, 0.05) is 22.7 Å². The lowest BCUT2D eigenvalue weighted by Gasteiger charge is -2.24. The Kier molecular flexibility index (Phi) is 5.45. The van der Waals surface area contributed by atoms with E-state index in [0.717, 1.165) is 64.4 Å². The zero-order valence-electron chi connectivity index (χ0n) is 15.0. The summed E-state index contributed by atoms with van der Waals surface area (Å²) in [6.07, 6.45) is 3.47. The molecule has 2 aromatic heterocycles. The van der Waals surface area contributed by atoms with Crippen molar-refractivity contribution in [2.24, 2.45) is 0 Å². The molecule has 4 rings (SSSR count). The van der Waals surface area contributed by atoms with Crippen LogP contribution in [0.4, 0.5) is 5.82 Å². The smallest absolute Gasteiger partial charge is 0.147 e. The summed E-state index contributed by atoms with van der Waals surface area (Å²) in [7, 11) is 0. The van der Waals surface area contributed by atoms with E-state index in [1.807, 2.05) is 31.2 Å². The number of hydrogen-bond acceptors (Lipinski definition) is 7. The van der Waals surface area contributed by atoms with E-state index in [0.29, 0.717) is 6.54 Å². The largest absolute Gasteiger partial charge is 0.488 e. The SMILES string of the molecule is Cc1ccc(CNc2ncnc3c(OC4CCOCC4)cc(Br)cc23)nn1. The minimum Gasteiger partial charge on any atom is -0.488 e. The quantitative estimate of drug-likeness (QED) is 0.662. The molecule has 3 aromatic rings. The van der Waals surface area contributed by atoms with E-state index >= 15 is 0 Å². The van der Waals surface area contributed by atoms with Crippen LogP contribution in [0.15, 0.2) is 35.1 Å². The molecule has 0 amide bonds. The van der Waals surface area contributed by atoms with E-state index < -0.39 is 0 Å². The summed E-state index contributed by atoms with van der Waals surface area (Å²) in [5.74, 6) is 1.49. The first kappa shape index (κ1) is 18.1. The maximum absolute atomic E-state index is 6.23. The normalized spacial score (nSPS) is 15.0. The number of benzene rings is 1. The van der Waals surface area contributed by atoms with Gasteiger partial charge in [-0.2, -0.15) is 10.2 Å². The third-order valence-electron chi connectivity index (χ3n) is 4.42. The predicted octanol–water partition coefficient (Wildman–Crippen LogP) is 3.66. The molecular formula is C19H20BrN5O2. The number of nitrogens with zero attached hydrogens (tertiary/aromatic N) is 4. The Morgan fingerprint density at radius 1 is 1.19 bits per heavy atom. The zero-order chi connectivity index (χ0) is 18.6. The molecule has 1 saturated heterocycles. The van der Waals surface area contributed by atoms with Crippen molar-refractivity contribution in [1.29, 1.82) is 0 Å². The first-order valence-electron chi connectivity index (χ1n) is 8.91. The molecule has 1 aromatic carbocycles. The lowest BCUT2D eigenvalue weighted by atomic mass is 10.1. The standard InChI is InChI=1S/C19H20BrN5O2/c1-12-2-3-14(25-24-12)10-21-19-16-8-13(20)9-17(18(16)22-11-23-19)27-15-4-6-26-7-5-15/h2-3,8-9,11,15H,4-7,10H2,1H3,(H,21,22,23). The van der Waals surface area contributed by atoms with Crippen molar-refractivity contribution in [3.05, 3.63) is 46.5 Å². The zero-order valence-corrected chi connectivity index (χ0v) is 16.6. The van der Waals surface area contributed by atoms with E-state index in [-0.39, 0.29) is 6.10 Å². The van der Waals surface area contributed by atoms with Crippen LogP contribution in [-0.2, 0) is 11.3 Å². The summed E-state index contributed by atoms with van der Waals surface area (Å²) in [6.45, 7) is 3.91. The van der Waals surface area contributed by atoms with Crippen molar-refractivity contribution in [2.75, 3.05) is 18.5 Å². The molecule has 0 radical (unpaired) electrons. The summed E-state index contributed by atoms with van der Waals surface area (Å²) >= 11 is 3.58. The van der Waals surface area contributed by atoms with Crippen molar-refractivity contribution in [2.45, 2.75) is 32.4 Å². The number of halogens is 1. The number of aromatic nitrogens is 4. The van der Waals surface area contributed by atoms with Gasteiger partial charge in [-0.25, -0.2) is 9.97 Å². The molecule has 1 aliphatic heterocycles. The number of fused-ring (bicyclic) bond motifs is 1. The Hall–Kier alpha value is -2.32. The van der Waals surface area contributed by atoms with Crippen LogP contribution in [0.3, 0.4) is 0 Å². The van der Waals surface area contributed by atoms with Gasteiger partial charge in [-0.3, -0.25) is 0 Å². The van der Waals surface area contributed by atoms with Gasteiger partial charge in [0.1, 0.15) is 29.5 Å². The first-order chi connectivity index (χ1) is 13.2. The van der Waals surface area contributed by atoms with Crippen LogP contribution in [0.25, 0.3) is 10.9 Å². The molecule has 3 heterocycles. The number of ether oxygens (including phenoxy) is 2. The molecular weight excluding hydrogens is 410 g/mol. The highest BCUT2D eigenvalue weighted by atomic mass is 79.9. The Morgan fingerprint density at radius 3 is 2.81 bits per heavy atom. The third kappa shape index (κ3) is 4.33. The number of aryl methyl sites for hydroxylation is 1. The highest BCUT2D eigenvalue weighted by molar-refractivity contribution is 9.10. The van der Waals surface area contributed by atoms with Crippen LogP contribution in [0, 0.1) is 6.92 Å². The average Bonchev–Trinajstić information content (AvgIpc) is 2.68. The van der Waals surface area contributed by atoms with Crippen LogP contribution in [0.5, 0.6) is 5.75 Å². The van der Waals surface area contributed by atoms with Crippen molar-refractivity contribution < 1.29 is 9.47 Å². The number of anilines is 1.